The lowest BCUT2D eigenvalue weighted by molar-refractivity contribution is -0.384. The first kappa shape index (κ1) is 20.1. The number of ether oxygens (including phenoxy) is 1. The second-order valence-electron chi connectivity index (χ2n) is 7.21. The first-order valence-electron chi connectivity index (χ1n) is 10.1. The molecule has 28 heavy (non-hydrogen) atoms. The molecule has 0 atom stereocenters. The van der Waals surface area contributed by atoms with Crippen LogP contribution in [0.4, 0.5) is 5.69 Å². The Hall–Kier alpha value is -2.66. The third kappa shape index (κ3) is 6.50. The summed E-state index contributed by atoms with van der Waals surface area (Å²) in [5.74, 6) is 0.894. The maximum Gasteiger partial charge on any atom is 0.269 e. The lowest BCUT2D eigenvalue weighted by Gasteiger charge is -2.26. The second kappa shape index (κ2) is 10.6. The van der Waals surface area contributed by atoms with Gasteiger partial charge in [0.2, 0.25) is 0 Å². The van der Waals surface area contributed by atoms with Gasteiger partial charge in [0.05, 0.1) is 11.5 Å². The third-order valence-corrected chi connectivity index (χ3v) is 5.04. The minimum absolute atomic E-state index is 0.106. The maximum absolute atomic E-state index is 10.7. The van der Waals surface area contributed by atoms with Crippen LogP contribution >= 0.6 is 0 Å². The van der Waals surface area contributed by atoms with E-state index in [2.05, 4.69) is 4.90 Å². The van der Waals surface area contributed by atoms with Crippen molar-refractivity contribution < 1.29 is 9.66 Å². The Morgan fingerprint density at radius 3 is 2.11 bits per heavy atom. The summed E-state index contributed by atoms with van der Waals surface area (Å²) >= 11 is 0. The molecule has 1 fully saturated rings. The Morgan fingerprint density at radius 1 is 0.893 bits per heavy atom. The van der Waals surface area contributed by atoms with E-state index in [9.17, 15) is 10.1 Å². The van der Waals surface area contributed by atoms with Crippen LogP contribution in [0.3, 0.4) is 0 Å². The van der Waals surface area contributed by atoms with E-state index in [1.807, 2.05) is 36.4 Å². The van der Waals surface area contributed by atoms with Crippen LogP contribution < -0.4 is 4.74 Å². The van der Waals surface area contributed by atoms with E-state index >= 15 is 0 Å². The Bertz CT molecular complexity index is 763. The van der Waals surface area contributed by atoms with E-state index in [-0.39, 0.29) is 10.6 Å². The fourth-order valence-corrected chi connectivity index (χ4v) is 3.39. The van der Waals surface area contributed by atoms with Crippen LogP contribution in [0.25, 0.3) is 12.2 Å². The molecule has 0 bridgehead atoms. The predicted octanol–water partition coefficient (Wildman–Crippen LogP) is 5.41. The van der Waals surface area contributed by atoms with Gasteiger partial charge in [0.25, 0.3) is 5.69 Å². The summed E-state index contributed by atoms with van der Waals surface area (Å²) in [7, 11) is 0. The van der Waals surface area contributed by atoms with Crippen LogP contribution in [0.2, 0.25) is 0 Å². The van der Waals surface area contributed by atoms with Crippen molar-refractivity contribution in [1.82, 2.24) is 4.90 Å². The fraction of sp³-hybridized carbons (Fsp3) is 0.391. The van der Waals surface area contributed by atoms with Crippen LogP contribution in [-0.4, -0.2) is 36.1 Å². The molecule has 1 saturated heterocycles. The van der Waals surface area contributed by atoms with Crippen LogP contribution in [0.1, 0.15) is 43.2 Å². The average molecular weight is 380 g/mol. The van der Waals surface area contributed by atoms with Gasteiger partial charge in [-0.1, -0.05) is 30.7 Å². The van der Waals surface area contributed by atoms with E-state index in [0.717, 1.165) is 29.9 Å². The van der Waals surface area contributed by atoms with Gasteiger partial charge in [-0.2, -0.15) is 0 Å². The number of likely N-dealkylation sites (tertiary alicyclic amines) is 1. The zero-order valence-corrected chi connectivity index (χ0v) is 16.3. The quantitative estimate of drug-likeness (QED) is 0.253. The predicted molar refractivity (Wildman–Crippen MR) is 113 cm³/mol. The summed E-state index contributed by atoms with van der Waals surface area (Å²) in [6, 6.07) is 14.5. The first-order chi connectivity index (χ1) is 13.7. The van der Waals surface area contributed by atoms with Crippen molar-refractivity contribution in [2.24, 2.45) is 0 Å². The molecule has 0 amide bonds. The number of nitro benzene ring substituents is 1. The normalized spacial score (nSPS) is 15.0. The summed E-state index contributed by atoms with van der Waals surface area (Å²) in [6.45, 7) is 4.47. The molecule has 0 aromatic heterocycles. The standard InChI is InChI=1S/C23H28N2O3/c26-25(27)22-12-8-20(9-13-22)6-7-21-10-14-23(15-11-21)28-19-5-4-18-24-16-2-1-3-17-24/h6-15H,1-5,16-19H2/b7-6+. The Labute approximate surface area is 166 Å². The largest absolute Gasteiger partial charge is 0.494 e. The average Bonchev–Trinajstić information content (AvgIpc) is 2.74. The monoisotopic (exact) mass is 380 g/mol. The Balaban J connectivity index is 1.38. The molecular formula is C23H28N2O3. The molecule has 0 N–H and O–H groups in total. The molecule has 148 valence electrons. The third-order valence-electron chi connectivity index (χ3n) is 5.04. The smallest absolute Gasteiger partial charge is 0.269 e. The Morgan fingerprint density at radius 2 is 1.50 bits per heavy atom. The van der Waals surface area contributed by atoms with Gasteiger partial charge in [0, 0.05) is 12.1 Å². The highest BCUT2D eigenvalue weighted by Gasteiger charge is 2.08. The molecule has 1 aliphatic rings. The van der Waals surface area contributed by atoms with Gasteiger partial charge < -0.3 is 9.64 Å². The van der Waals surface area contributed by atoms with Gasteiger partial charge in [0.1, 0.15) is 5.75 Å². The second-order valence-corrected chi connectivity index (χ2v) is 7.21. The number of hydrogen-bond donors (Lipinski definition) is 0. The van der Waals surface area contributed by atoms with Crippen molar-refractivity contribution in [2.75, 3.05) is 26.2 Å². The zero-order chi connectivity index (χ0) is 19.6. The number of nitro groups is 1. The number of rotatable bonds is 9. The van der Waals surface area contributed by atoms with Gasteiger partial charge in [-0.25, -0.2) is 0 Å². The molecule has 0 aliphatic carbocycles. The van der Waals surface area contributed by atoms with Crippen molar-refractivity contribution in [1.29, 1.82) is 0 Å². The minimum atomic E-state index is -0.389. The summed E-state index contributed by atoms with van der Waals surface area (Å²) in [5, 5.41) is 10.7. The summed E-state index contributed by atoms with van der Waals surface area (Å²) in [6.07, 6.45) is 10.3. The molecule has 0 unspecified atom stereocenters. The highest BCUT2D eigenvalue weighted by Crippen LogP contribution is 2.17. The van der Waals surface area contributed by atoms with Crippen molar-refractivity contribution >= 4 is 17.8 Å². The molecule has 2 aromatic carbocycles. The molecule has 2 aromatic rings. The van der Waals surface area contributed by atoms with Crippen molar-refractivity contribution in [3.63, 3.8) is 0 Å². The van der Waals surface area contributed by atoms with Gasteiger partial charge in [0.15, 0.2) is 0 Å². The molecule has 1 aliphatic heterocycles. The minimum Gasteiger partial charge on any atom is -0.494 e. The topological polar surface area (TPSA) is 55.6 Å². The molecule has 0 radical (unpaired) electrons. The number of unbranched alkanes of at least 4 members (excludes halogenated alkanes) is 1. The maximum atomic E-state index is 10.7. The SMILES string of the molecule is O=[N+]([O-])c1ccc(/C=C/c2ccc(OCCCCN3CCCCC3)cc2)cc1. The lowest BCUT2D eigenvalue weighted by atomic mass is 10.1. The van der Waals surface area contributed by atoms with Crippen molar-refractivity contribution in [3.8, 4) is 5.75 Å². The van der Waals surface area contributed by atoms with Gasteiger partial charge in [-0.3, -0.25) is 10.1 Å². The number of non-ortho nitro benzene ring substituents is 1. The van der Waals surface area contributed by atoms with E-state index in [1.54, 1.807) is 12.1 Å². The highest BCUT2D eigenvalue weighted by atomic mass is 16.6. The van der Waals surface area contributed by atoms with Crippen LogP contribution in [-0.2, 0) is 0 Å². The summed E-state index contributed by atoms with van der Waals surface area (Å²) in [5.41, 5.74) is 2.10. The molecule has 5 heteroatoms. The molecular weight excluding hydrogens is 352 g/mol. The lowest BCUT2D eigenvalue weighted by Crippen LogP contribution is -2.30. The van der Waals surface area contributed by atoms with E-state index < -0.39 is 0 Å². The molecule has 5 nitrogen and oxygen atoms in total. The van der Waals surface area contributed by atoms with Crippen molar-refractivity contribution in [3.05, 3.63) is 69.8 Å². The first-order valence-corrected chi connectivity index (χ1v) is 10.1. The number of benzene rings is 2. The number of piperidine rings is 1. The molecule has 3 rings (SSSR count). The van der Waals surface area contributed by atoms with Gasteiger partial charge >= 0.3 is 0 Å². The van der Waals surface area contributed by atoms with Gasteiger partial charge in [-0.15, -0.1) is 0 Å². The molecule has 0 saturated carbocycles. The number of nitrogens with zero attached hydrogens (tertiary/aromatic N) is 2. The zero-order valence-electron chi connectivity index (χ0n) is 16.3. The van der Waals surface area contributed by atoms with Crippen LogP contribution in [0.5, 0.6) is 5.75 Å². The number of hydrogen-bond acceptors (Lipinski definition) is 4. The summed E-state index contributed by atoms with van der Waals surface area (Å²) in [4.78, 5) is 12.9. The van der Waals surface area contributed by atoms with Gasteiger partial charge in [-0.05, 0) is 80.7 Å². The molecule has 0 spiro atoms. The Kier molecular flexibility index (Phi) is 7.62. The van der Waals surface area contributed by atoms with E-state index in [0.29, 0.717) is 0 Å². The van der Waals surface area contributed by atoms with Crippen LogP contribution in [0, 0.1) is 10.1 Å². The molecule has 1 heterocycles. The summed E-state index contributed by atoms with van der Waals surface area (Å²) < 4.78 is 5.84. The fourth-order valence-electron chi connectivity index (χ4n) is 3.39. The highest BCUT2D eigenvalue weighted by molar-refractivity contribution is 5.70. The van der Waals surface area contributed by atoms with Crippen molar-refractivity contribution in [2.45, 2.75) is 32.1 Å². The van der Waals surface area contributed by atoms with E-state index in [1.165, 1.54) is 57.5 Å². The van der Waals surface area contributed by atoms with Crippen LogP contribution in [0.15, 0.2) is 48.5 Å². The van der Waals surface area contributed by atoms with E-state index in [4.69, 9.17) is 4.74 Å².